The molecule has 0 aliphatic heterocycles. The van der Waals surface area contributed by atoms with Gasteiger partial charge in [0.2, 0.25) is 0 Å². The van der Waals surface area contributed by atoms with Crippen molar-refractivity contribution in [1.29, 1.82) is 0 Å². The number of hydrogen-bond donors (Lipinski definition) is 3. The first-order valence-corrected chi connectivity index (χ1v) is 6.93. The number of aromatic nitrogens is 1. The van der Waals surface area contributed by atoms with Crippen molar-refractivity contribution in [3.05, 3.63) is 40.3 Å². The second-order valence-corrected chi connectivity index (χ2v) is 5.31. The van der Waals surface area contributed by atoms with Crippen molar-refractivity contribution in [1.82, 2.24) is 10.4 Å². The summed E-state index contributed by atoms with van der Waals surface area (Å²) in [5.41, 5.74) is 2.88. The van der Waals surface area contributed by atoms with Crippen molar-refractivity contribution in [3.63, 3.8) is 0 Å². The smallest absolute Gasteiger partial charge is 0.294 e. The molecule has 1 aromatic carbocycles. The van der Waals surface area contributed by atoms with Gasteiger partial charge < -0.3 is 5.11 Å². The van der Waals surface area contributed by atoms with E-state index < -0.39 is 0 Å². The highest BCUT2D eigenvalue weighted by molar-refractivity contribution is 7.98. The number of amides is 1. The number of nitrogen functional groups attached to an aromatic ring is 1. The van der Waals surface area contributed by atoms with E-state index in [0.29, 0.717) is 10.8 Å². The number of thiazole rings is 1. The zero-order valence-corrected chi connectivity index (χ0v) is 10.9. The van der Waals surface area contributed by atoms with Crippen LogP contribution in [-0.2, 0) is 5.75 Å². The summed E-state index contributed by atoms with van der Waals surface area (Å²) in [7, 11) is 0. The molecule has 1 aromatic heterocycles. The Morgan fingerprint density at radius 3 is 2.83 bits per heavy atom. The number of nitrogens with two attached hydrogens (primary N) is 1. The van der Waals surface area contributed by atoms with E-state index in [0.717, 1.165) is 10.6 Å². The second kappa shape index (κ2) is 5.85. The van der Waals surface area contributed by atoms with Gasteiger partial charge in [-0.15, -0.1) is 23.1 Å². The average Bonchev–Trinajstić information content (AvgIpc) is 2.86. The van der Waals surface area contributed by atoms with Crippen LogP contribution in [0.25, 0.3) is 0 Å². The maximum atomic E-state index is 11.2. The molecular weight excluding hydrogens is 270 g/mol. The predicted molar refractivity (Wildman–Crippen MR) is 71.4 cm³/mol. The SMILES string of the molecule is NNC(=O)c1nc(CSc2ccc(O)cc2)cs1. The fourth-order valence-corrected chi connectivity index (χ4v) is 2.86. The first-order chi connectivity index (χ1) is 8.69. The molecule has 1 heterocycles. The fourth-order valence-electron chi connectivity index (χ4n) is 1.24. The summed E-state index contributed by atoms with van der Waals surface area (Å²) in [6.45, 7) is 0. The number of nitrogens with zero attached hydrogens (tertiary/aromatic N) is 1. The minimum absolute atomic E-state index is 0.245. The van der Waals surface area contributed by atoms with Crippen LogP contribution in [0.4, 0.5) is 0 Å². The van der Waals surface area contributed by atoms with Crippen molar-refractivity contribution in [2.45, 2.75) is 10.6 Å². The first kappa shape index (κ1) is 12.9. The second-order valence-electron chi connectivity index (χ2n) is 3.40. The number of carbonyl (C=O) groups excluding carboxylic acids is 1. The Morgan fingerprint density at radius 1 is 1.44 bits per heavy atom. The Kier molecular flexibility index (Phi) is 4.19. The summed E-state index contributed by atoms with van der Waals surface area (Å²) in [6.07, 6.45) is 0. The Labute approximate surface area is 112 Å². The number of hydrogen-bond acceptors (Lipinski definition) is 6. The highest BCUT2D eigenvalue weighted by Crippen LogP contribution is 2.25. The van der Waals surface area contributed by atoms with Gasteiger partial charge in [0.05, 0.1) is 5.69 Å². The van der Waals surface area contributed by atoms with Crippen LogP contribution in [0.15, 0.2) is 34.5 Å². The summed E-state index contributed by atoms with van der Waals surface area (Å²) in [5, 5.41) is 11.3. The summed E-state index contributed by atoms with van der Waals surface area (Å²) in [6, 6.07) is 6.94. The lowest BCUT2D eigenvalue weighted by Crippen LogP contribution is -2.29. The molecule has 0 saturated heterocycles. The van der Waals surface area contributed by atoms with Crippen LogP contribution in [0.2, 0.25) is 0 Å². The zero-order valence-electron chi connectivity index (χ0n) is 9.29. The van der Waals surface area contributed by atoms with Crippen LogP contribution in [-0.4, -0.2) is 16.0 Å². The summed E-state index contributed by atoms with van der Waals surface area (Å²) in [4.78, 5) is 16.4. The molecule has 0 aliphatic rings. The van der Waals surface area contributed by atoms with E-state index in [1.165, 1.54) is 11.3 Å². The third kappa shape index (κ3) is 3.22. The third-order valence-electron chi connectivity index (χ3n) is 2.10. The number of rotatable bonds is 4. The predicted octanol–water partition coefficient (Wildman–Crippen LogP) is 1.74. The molecule has 1 amide bonds. The molecular formula is C11H11N3O2S2. The quantitative estimate of drug-likeness (QED) is 0.344. The van der Waals surface area contributed by atoms with Gasteiger partial charge in [-0.3, -0.25) is 10.2 Å². The summed E-state index contributed by atoms with van der Waals surface area (Å²) < 4.78 is 0. The van der Waals surface area contributed by atoms with Crippen molar-refractivity contribution in [2.24, 2.45) is 5.84 Å². The van der Waals surface area contributed by atoms with Gasteiger partial charge in [-0.25, -0.2) is 10.8 Å². The van der Waals surface area contributed by atoms with Gasteiger partial charge in [0.25, 0.3) is 5.91 Å². The number of phenolic OH excluding ortho intramolecular Hbond substituents is 1. The highest BCUT2D eigenvalue weighted by atomic mass is 32.2. The summed E-state index contributed by atoms with van der Waals surface area (Å²) in [5.74, 6) is 5.57. The van der Waals surface area contributed by atoms with E-state index in [2.05, 4.69) is 4.98 Å². The van der Waals surface area contributed by atoms with Gasteiger partial charge in [0.1, 0.15) is 5.75 Å². The van der Waals surface area contributed by atoms with Gasteiger partial charge in [-0.2, -0.15) is 0 Å². The van der Waals surface area contributed by atoms with Gasteiger partial charge in [0, 0.05) is 16.0 Å². The highest BCUT2D eigenvalue weighted by Gasteiger charge is 2.09. The molecule has 0 bridgehead atoms. The van der Waals surface area contributed by atoms with Crippen LogP contribution in [0.5, 0.6) is 5.75 Å². The molecule has 2 aromatic rings. The number of nitrogens with one attached hydrogen (secondary N) is 1. The molecule has 0 radical (unpaired) electrons. The Morgan fingerprint density at radius 2 is 2.17 bits per heavy atom. The molecule has 7 heteroatoms. The largest absolute Gasteiger partial charge is 0.508 e. The first-order valence-electron chi connectivity index (χ1n) is 5.06. The normalized spacial score (nSPS) is 10.3. The van der Waals surface area contributed by atoms with E-state index in [1.54, 1.807) is 23.9 Å². The van der Waals surface area contributed by atoms with Gasteiger partial charge in [0.15, 0.2) is 5.01 Å². The molecule has 4 N–H and O–H groups in total. The van der Waals surface area contributed by atoms with E-state index in [4.69, 9.17) is 10.9 Å². The number of carbonyl (C=O) groups is 1. The maximum Gasteiger partial charge on any atom is 0.294 e. The number of benzene rings is 1. The maximum absolute atomic E-state index is 11.2. The molecule has 0 atom stereocenters. The van der Waals surface area contributed by atoms with Gasteiger partial charge in [-0.05, 0) is 24.3 Å². The topological polar surface area (TPSA) is 88.2 Å². The van der Waals surface area contributed by atoms with Gasteiger partial charge in [-0.1, -0.05) is 0 Å². The van der Waals surface area contributed by atoms with Crippen LogP contribution in [0.3, 0.4) is 0 Å². The third-order valence-corrected chi connectivity index (χ3v) is 4.04. The summed E-state index contributed by atoms with van der Waals surface area (Å²) >= 11 is 2.85. The molecule has 18 heavy (non-hydrogen) atoms. The lowest BCUT2D eigenvalue weighted by atomic mass is 10.3. The van der Waals surface area contributed by atoms with Crippen molar-refractivity contribution in [3.8, 4) is 5.75 Å². The molecule has 0 spiro atoms. The van der Waals surface area contributed by atoms with Crippen LogP contribution in [0.1, 0.15) is 15.5 Å². The number of thioether (sulfide) groups is 1. The Balaban J connectivity index is 1.96. The fraction of sp³-hybridized carbons (Fsp3) is 0.0909. The molecule has 0 aliphatic carbocycles. The number of hydrazine groups is 1. The lowest BCUT2D eigenvalue weighted by Gasteiger charge is -1.99. The number of phenols is 1. The van der Waals surface area contributed by atoms with Crippen molar-refractivity contribution in [2.75, 3.05) is 0 Å². The molecule has 2 rings (SSSR count). The molecule has 94 valence electrons. The van der Waals surface area contributed by atoms with Crippen LogP contribution >= 0.6 is 23.1 Å². The lowest BCUT2D eigenvalue weighted by molar-refractivity contribution is 0.0953. The van der Waals surface area contributed by atoms with Crippen LogP contribution in [0, 0.1) is 0 Å². The monoisotopic (exact) mass is 281 g/mol. The minimum Gasteiger partial charge on any atom is -0.508 e. The molecule has 0 unspecified atom stereocenters. The van der Waals surface area contributed by atoms with E-state index in [9.17, 15) is 4.79 Å². The van der Waals surface area contributed by atoms with Crippen molar-refractivity contribution < 1.29 is 9.90 Å². The van der Waals surface area contributed by atoms with Crippen LogP contribution < -0.4 is 11.3 Å². The van der Waals surface area contributed by atoms with Crippen molar-refractivity contribution >= 4 is 29.0 Å². The van der Waals surface area contributed by atoms with Gasteiger partial charge >= 0.3 is 0 Å². The Bertz CT molecular complexity index is 539. The average molecular weight is 281 g/mol. The minimum atomic E-state index is -0.374. The molecule has 5 nitrogen and oxygen atoms in total. The standard InChI is InChI=1S/C11H11N3O2S2/c12-14-10(16)11-13-7(6-18-11)5-17-9-3-1-8(15)2-4-9/h1-4,6,15H,5,12H2,(H,14,16). The van der Waals surface area contributed by atoms with E-state index >= 15 is 0 Å². The van der Waals surface area contributed by atoms with E-state index in [1.807, 2.05) is 22.9 Å². The van der Waals surface area contributed by atoms with E-state index in [-0.39, 0.29) is 11.7 Å². The number of aromatic hydroxyl groups is 1. The molecule has 0 saturated carbocycles. The zero-order chi connectivity index (χ0) is 13.0. The Hall–Kier alpha value is -1.57. The molecule has 0 fully saturated rings.